The van der Waals surface area contributed by atoms with Gasteiger partial charge in [-0.1, -0.05) is 0 Å². The quantitative estimate of drug-likeness (QED) is 0.190. The Kier molecular flexibility index (Phi) is 9.35. The molecule has 0 aliphatic rings. The van der Waals surface area contributed by atoms with Crippen LogP contribution in [0.4, 0.5) is 5.82 Å². The van der Waals surface area contributed by atoms with Gasteiger partial charge in [0.15, 0.2) is 0 Å². The number of nitrogen functional groups attached to an aromatic ring is 1. The van der Waals surface area contributed by atoms with Crippen molar-refractivity contribution < 1.29 is 32.4 Å². The van der Waals surface area contributed by atoms with Gasteiger partial charge in [0.05, 0.1) is 6.61 Å². The van der Waals surface area contributed by atoms with Crippen molar-refractivity contribution in [3.8, 4) is 34.0 Å². The third kappa shape index (κ3) is 6.89. The van der Waals surface area contributed by atoms with Crippen LogP contribution in [0.1, 0.15) is 20.8 Å². The Hall–Kier alpha value is -3.01. The van der Waals surface area contributed by atoms with E-state index in [9.17, 15) is 9.79 Å². The molecule has 0 radical (unpaired) electrons. The zero-order chi connectivity index (χ0) is 27.1. The molecule has 2 aromatic heterocycles. The molecule has 13 heteroatoms. The van der Waals surface area contributed by atoms with Crippen LogP contribution in [0.15, 0.2) is 60.7 Å². The van der Waals surface area contributed by atoms with E-state index in [-0.39, 0.29) is 13.2 Å². The van der Waals surface area contributed by atoms with Gasteiger partial charge in [-0.25, -0.2) is 0 Å². The molecule has 4 aromatic rings. The summed E-state index contributed by atoms with van der Waals surface area (Å²) >= 11 is 0. The molecular weight excluding hydrogens is 530 g/mol. The van der Waals surface area contributed by atoms with E-state index in [2.05, 4.69) is 4.98 Å². The van der Waals surface area contributed by atoms with Gasteiger partial charge in [0.2, 0.25) is 0 Å². The predicted molar refractivity (Wildman–Crippen MR) is 148 cm³/mol. The number of fused-ring (bicyclic) bond motifs is 1. The van der Waals surface area contributed by atoms with Crippen LogP contribution in [0, 0.1) is 0 Å². The van der Waals surface area contributed by atoms with Gasteiger partial charge in [0, 0.05) is 0 Å². The zero-order valence-electron chi connectivity index (χ0n) is 21.2. The van der Waals surface area contributed by atoms with Crippen molar-refractivity contribution >= 4 is 33.8 Å². The van der Waals surface area contributed by atoms with E-state index >= 15 is 0 Å². The van der Waals surface area contributed by atoms with Gasteiger partial charge in [0.1, 0.15) is 0 Å². The molecule has 4 rings (SSSR count). The molecule has 0 amide bonds. The van der Waals surface area contributed by atoms with Crippen LogP contribution in [0.5, 0.6) is 11.5 Å². The van der Waals surface area contributed by atoms with E-state index in [1.165, 1.54) is 0 Å². The number of benzene rings is 2. The van der Waals surface area contributed by atoms with Crippen molar-refractivity contribution in [1.82, 2.24) is 15.0 Å². The summed E-state index contributed by atoms with van der Waals surface area (Å²) in [6.07, 6.45) is 0. The van der Waals surface area contributed by atoms with Crippen molar-refractivity contribution in [2.75, 3.05) is 25.6 Å². The first-order valence-corrected chi connectivity index (χ1v) is 14.8. The number of hydrogen-bond acceptors (Lipinski definition) is 11. The van der Waals surface area contributed by atoms with Gasteiger partial charge in [0.25, 0.3) is 0 Å². The second-order valence-corrected chi connectivity index (χ2v) is 10.5. The first-order chi connectivity index (χ1) is 18.3. The second kappa shape index (κ2) is 12.7. The van der Waals surface area contributed by atoms with Gasteiger partial charge >= 0.3 is 199 Å². The Morgan fingerprint density at radius 3 is 1.92 bits per heavy atom. The molecule has 0 saturated carbocycles. The molecule has 0 aliphatic heterocycles. The summed E-state index contributed by atoms with van der Waals surface area (Å²) in [4.78, 5) is 34.3. The maximum atomic E-state index is 10.6. The summed E-state index contributed by atoms with van der Waals surface area (Å²) in [5.74, 6) is 1.18. The summed E-state index contributed by atoms with van der Waals surface area (Å²) in [5, 5.41) is 0. The van der Waals surface area contributed by atoms with Gasteiger partial charge in [-0.2, -0.15) is 0 Å². The summed E-state index contributed by atoms with van der Waals surface area (Å²) in [7, 11) is -5.81. The van der Waals surface area contributed by atoms with Crippen LogP contribution in [-0.4, -0.2) is 44.6 Å². The molecule has 1 atom stereocenters. The topological polar surface area (TPSA) is 151 Å². The molecule has 2 aromatic carbocycles. The predicted octanol–water partition coefficient (Wildman–Crippen LogP) is 5.43. The average molecular weight is 560 g/mol. The Morgan fingerprint density at radius 2 is 1.34 bits per heavy atom. The van der Waals surface area contributed by atoms with E-state index in [0.717, 1.165) is 11.1 Å². The summed E-state index contributed by atoms with van der Waals surface area (Å²) in [5.41, 5.74) is 9.55. The average Bonchev–Trinajstić information content (AvgIpc) is 2.89. The number of nitrogens with zero attached hydrogens (tertiary/aromatic N) is 3. The van der Waals surface area contributed by atoms with Gasteiger partial charge in [-0.3, -0.25) is 0 Å². The number of pyridine rings is 1. The number of anilines is 1. The zero-order valence-corrected chi connectivity index (χ0v) is 23.1. The van der Waals surface area contributed by atoms with Crippen LogP contribution in [-0.2, 0) is 13.6 Å². The molecule has 1 unspecified atom stereocenters. The number of rotatable bonds is 12. The molecule has 0 aliphatic carbocycles. The van der Waals surface area contributed by atoms with Gasteiger partial charge in [-0.05, 0) is 6.92 Å². The molecule has 11 nitrogen and oxygen atoms in total. The summed E-state index contributed by atoms with van der Waals surface area (Å²) < 4.78 is 26.9. The van der Waals surface area contributed by atoms with Crippen LogP contribution in [0.25, 0.3) is 33.7 Å². The monoisotopic (exact) mass is 560 g/mol. The molecule has 0 bridgehead atoms. The second-order valence-electron chi connectivity index (χ2n) is 7.79. The molecule has 0 saturated heterocycles. The summed E-state index contributed by atoms with van der Waals surface area (Å²) in [6, 6.07) is 17.5. The molecular formula is C25H30N4O7P2. The third-order valence-corrected chi connectivity index (χ3v) is 7.78. The Bertz CT molecular complexity index is 1350. The molecule has 38 heavy (non-hydrogen) atoms. The summed E-state index contributed by atoms with van der Waals surface area (Å²) in [6.45, 7) is 6.14. The molecule has 0 spiro atoms. The fourth-order valence-corrected chi connectivity index (χ4v) is 5.50. The Morgan fingerprint density at radius 1 is 0.763 bits per heavy atom. The van der Waals surface area contributed by atoms with E-state index in [1.54, 1.807) is 69.3 Å². The van der Waals surface area contributed by atoms with Crippen LogP contribution < -0.4 is 14.8 Å². The van der Waals surface area contributed by atoms with Crippen LogP contribution >= 0.6 is 16.8 Å². The fourth-order valence-electron chi connectivity index (χ4n) is 3.56. The van der Waals surface area contributed by atoms with Crippen LogP contribution in [0.3, 0.4) is 0 Å². The minimum absolute atomic E-state index is 0.252. The van der Waals surface area contributed by atoms with Crippen molar-refractivity contribution in [3.05, 3.63) is 60.7 Å². The first-order valence-electron chi connectivity index (χ1n) is 12.0. The standard InChI is InChI=1S/C25H30N4O7P2/c1-4-32-37(30)35-19-11-7-17(8-12-19)23-24(29-25-21(27-23)15-16-22(26)28-25)18-9-13-20(14-10-18)36-38(31,33-5-2)34-6-3/h7-16,30-31,38H,4-6H2,1-3H3,(H2,26,28,29). The van der Waals surface area contributed by atoms with E-state index in [4.69, 9.17) is 38.3 Å². The normalized spacial score (nSPS) is 12.9. The number of aromatic nitrogens is 3. The van der Waals surface area contributed by atoms with Crippen LogP contribution in [0.2, 0.25) is 0 Å². The first kappa shape index (κ1) is 28.0. The fraction of sp³-hybridized carbons (Fsp3) is 0.240. The number of nitrogens with two attached hydrogens (primary N) is 1. The third-order valence-electron chi connectivity index (χ3n) is 5.13. The Labute approximate surface area is 222 Å². The van der Waals surface area contributed by atoms with Gasteiger partial charge in [-0.15, -0.1) is 0 Å². The van der Waals surface area contributed by atoms with Crippen molar-refractivity contribution in [2.45, 2.75) is 20.8 Å². The molecule has 202 valence electrons. The SMILES string of the molecule is CCOP(O)Oc1ccc(-c2nc3ccc(N)nc3nc2-c2ccc(O[PH](O)(OCC)OCC)cc2)cc1. The minimum atomic E-state index is -3.80. The molecule has 2 heterocycles. The van der Waals surface area contributed by atoms with Gasteiger partial charge < -0.3 is 9.42 Å². The van der Waals surface area contributed by atoms with Crippen molar-refractivity contribution in [1.29, 1.82) is 0 Å². The van der Waals surface area contributed by atoms with E-state index < -0.39 is 16.8 Å². The number of hydrogen-bond donors (Lipinski definition) is 3. The maximum absolute atomic E-state index is 10.6. The van der Waals surface area contributed by atoms with Crippen molar-refractivity contribution in [3.63, 3.8) is 0 Å². The van der Waals surface area contributed by atoms with Crippen molar-refractivity contribution in [2.24, 2.45) is 0 Å². The Balaban J connectivity index is 1.70. The van der Waals surface area contributed by atoms with E-state index in [1.807, 2.05) is 12.1 Å². The molecule has 0 fully saturated rings. The molecule has 4 N–H and O–H groups in total. The van der Waals surface area contributed by atoms with E-state index in [0.29, 0.717) is 46.5 Å².